The van der Waals surface area contributed by atoms with Crippen LogP contribution in [0.3, 0.4) is 0 Å². The van der Waals surface area contributed by atoms with Gasteiger partial charge in [-0.3, -0.25) is 0 Å². The molecule has 3 N–H and O–H groups in total. The van der Waals surface area contributed by atoms with Crippen LogP contribution in [-0.2, 0) is 0 Å². The Balaban J connectivity index is 2.37. The van der Waals surface area contributed by atoms with Gasteiger partial charge in [-0.15, -0.1) is 8.78 Å². The molecule has 1 aliphatic heterocycles. The van der Waals surface area contributed by atoms with E-state index in [1.54, 1.807) is 0 Å². The highest BCUT2D eigenvalue weighted by Crippen LogP contribution is 2.45. The summed E-state index contributed by atoms with van der Waals surface area (Å²) in [7, 11) is 0. The van der Waals surface area contributed by atoms with Crippen molar-refractivity contribution in [2.75, 3.05) is 5.32 Å². The summed E-state index contributed by atoms with van der Waals surface area (Å²) in [4.78, 5) is 10.6. The normalized spacial score (nSPS) is 16.1. The molecule has 15 heavy (non-hydrogen) atoms. The Labute approximate surface area is 82.8 Å². The molecule has 0 bridgehead atoms. The molecule has 0 radical (unpaired) electrons. The van der Waals surface area contributed by atoms with Crippen LogP contribution in [0.1, 0.15) is 0 Å². The number of primary amides is 1. The highest BCUT2D eigenvalue weighted by Gasteiger charge is 2.44. The topological polar surface area (TPSA) is 73.6 Å². The van der Waals surface area contributed by atoms with Gasteiger partial charge in [0.2, 0.25) is 0 Å². The van der Waals surface area contributed by atoms with E-state index >= 15 is 0 Å². The van der Waals surface area contributed by atoms with E-state index < -0.39 is 12.3 Å². The van der Waals surface area contributed by atoms with Crippen LogP contribution in [0, 0.1) is 0 Å². The highest BCUT2D eigenvalue weighted by atomic mass is 19.3. The lowest BCUT2D eigenvalue weighted by Gasteiger charge is -2.06. The molecule has 1 heterocycles. The summed E-state index contributed by atoms with van der Waals surface area (Å²) in [6, 6.07) is 3.22. The average molecular weight is 216 g/mol. The number of nitrogens with two attached hydrogens (primary N) is 1. The van der Waals surface area contributed by atoms with Crippen LogP contribution in [0.5, 0.6) is 11.5 Å². The van der Waals surface area contributed by atoms with Crippen LogP contribution < -0.4 is 20.5 Å². The van der Waals surface area contributed by atoms with Crippen molar-refractivity contribution in [3.63, 3.8) is 0 Å². The number of rotatable bonds is 1. The maximum atomic E-state index is 12.7. The number of amides is 2. The van der Waals surface area contributed by atoms with Gasteiger partial charge in [-0.2, -0.15) is 0 Å². The number of hydrogen-bond donors (Lipinski definition) is 2. The van der Waals surface area contributed by atoms with E-state index in [1.807, 2.05) is 0 Å². The number of nitrogens with one attached hydrogen (secondary N) is 1. The van der Waals surface area contributed by atoms with Crippen molar-refractivity contribution < 1.29 is 23.0 Å². The van der Waals surface area contributed by atoms with Crippen LogP contribution in [0.4, 0.5) is 19.3 Å². The van der Waals surface area contributed by atoms with Gasteiger partial charge >= 0.3 is 12.3 Å². The first-order chi connectivity index (χ1) is 6.98. The van der Waals surface area contributed by atoms with E-state index in [9.17, 15) is 13.6 Å². The van der Waals surface area contributed by atoms with Crippen LogP contribution in [0.2, 0.25) is 0 Å². The fourth-order valence-corrected chi connectivity index (χ4v) is 1.20. The van der Waals surface area contributed by atoms with E-state index in [0.29, 0.717) is 0 Å². The predicted octanol–water partition coefficient (Wildman–Crippen LogP) is 1.50. The first-order valence-corrected chi connectivity index (χ1v) is 3.93. The Hall–Kier alpha value is -2.05. The molecular formula is C8H6F2N2O3. The average Bonchev–Trinajstić information content (AvgIpc) is 2.39. The molecule has 1 aromatic carbocycles. The summed E-state index contributed by atoms with van der Waals surface area (Å²) < 4.78 is 33.7. The number of carbonyl (C=O) groups is 1. The first-order valence-electron chi connectivity index (χ1n) is 3.93. The number of halogens is 2. The van der Waals surface area contributed by atoms with E-state index in [-0.39, 0.29) is 17.2 Å². The summed E-state index contributed by atoms with van der Waals surface area (Å²) in [5.41, 5.74) is 4.89. The van der Waals surface area contributed by atoms with Crippen molar-refractivity contribution in [1.29, 1.82) is 0 Å². The van der Waals surface area contributed by atoms with Gasteiger partial charge in [0, 0.05) is 0 Å². The molecule has 0 atom stereocenters. The second-order valence-electron chi connectivity index (χ2n) is 2.79. The van der Waals surface area contributed by atoms with E-state index in [0.717, 1.165) is 0 Å². The third kappa shape index (κ3) is 1.76. The number of alkyl halides is 2. The van der Waals surface area contributed by atoms with Gasteiger partial charge in [0.1, 0.15) is 0 Å². The number of benzene rings is 1. The largest absolute Gasteiger partial charge is 0.586 e. The molecule has 0 saturated heterocycles. The fraction of sp³-hybridized carbons (Fsp3) is 0.125. The van der Waals surface area contributed by atoms with Crippen LogP contribution in [0.25, 0.3) is 0 Å². The zero-order valence-corrected chi connectivity index (χ0v) is 7.29. The molecule has 7 heteroatoms. The molecular weight excluding hydrogens is 210 g/mol. The van der Waals surface area contributed by atoms with Crippen molar-refractivity contribution in [3.8, 4) is 11.5 Å². The summed E-state index contributed by atoms with van der Waals surface area (Å²) in [6.07, 6.45) is -3.71. The Kier molecular flexibility index (Phi) is 1.88. The molecule has 2 rings (SSSR count). The molecule has 0 fully saturated rings. The van der Waals surface area contributed by atoms with Crippen molar-refractivity contribution in [3.05, 3.63) is 18.2 Å². The highest BCUT2D eigenvalue weighted by molar-refractivity contribution is 5.90. The number of hydrogen-bond acceptors (Lipinski definition) is 3. The van der Waals surface area contributed by atoms with Crippen LogP contribution in [-0.4, -0.2) is 12.3 Å². The van der Waals surface area contributed by atoms with Crippen LogP contribution >= 0.6 is 0 Å². The van der Waals surface area contributed by atoms with Gasteiger partial charge in [-0.25, -0.2) is 4.79 Å². The summed E-state index contributed by atoms with van der Waals surface area (Å²) in [5.74, 6) is -0.382. The number of urea groups is 1. The number of fused-ring (bicyclic) bond motifs is 1. The van der Waals surface area contributed by atoms with Gasteiger partial charge in [-0.05, 0) is 12.1 Å². The second-order valence-corrected chi connectivity index (χ2v) is 2.79. The van der Waals surface area contributed by atoms with Gasteiger partial charge in [-0.1, -0.05) is 6.07 Å². The minimum absolute atomic E-state index is 0.0391. The molecule has 5 nitrogen and oxygen atoms in total. The lowest BCUT2D eigenvalue weighted by molar-refractivity contribution is -0.286. The standard InChI is InChI=1S/C8H6F2N2O3/c9-8(10)14-5-3-1-2-4(6(5)15-8)12-7(11)13/h1-3H,(H3,11,12,13). The smallest absolute Gasteiger partial charge is 0.395 e. The Morgan fingerprint density at radius 3 is 2.80 bits per heavy atom. The molecule has 80 valence electrons. The van der Waals surface area contributed by atoms with E-state index in [1.165, 1.54) is 18.2 Å². The van der Waals surface area contributed by atoms with E-state index in [2.05, 4.69) is 14.8 Å². The third-order valence-electron chi connectivity index (χ3n) is 1.69. The molecule has 0 aliphatic carbocycles. The zero-order chi connectivity index (χ0) is 11.1. The second kappa shape index (κ2) is 2.97. The minimum atomic E-state index is -3.71. The quantitative estimate of drug-likeness (QED) is 0.746. The number of carbonyl (C=O) groups excluding carboxylic acids is 1. The lowest BCUT2D eigenvalue weighted by atomic mass is 10.3. The van der Waals surface area contributed by atoms with Gasteiger partial charge in [0.05, 0.1) is 5.69 Å². The number of ether oxygens (including phenoxy) is 2. The zero-order valence-electron chi connectivity index (χ0n) is 7.29. The summed E-state index contributed by atoms with van der Waals surface area (Å²) >= 11 is 0. The monoisotopic (exact) mass is 216 g/mol. The Morgan fingerprint density at radius 2 is 2.13 bits per heavy atom. The maximum absolute atomic E-state index is 12.7. The molecule has 1 aromatic rings. The lowest BCUT2D eigenvalue weighted by Crippen LogP contribution is -2.26. The SMILES string of the molecule is NC(=O)Nc1cccc2c1OC(F)(F)O2. The van der Waals surface area contributed by atoms with Crippen molar-refractivity contribution in [2.24, 2.45) is 5.73 Å². The molecule has 0 aromatic heterocycles. The number of para-hydroxylation sites is 1. The molecule has 2 amide bonds. The molecule has 1 aliphatic rings. The van der Waals surface area contributed by atoms with Crippen molar-refractivity contribution in [1.82, 2.24) is 0 Å². The van der Waals surface area contributed by atoms with Crippen LogP contribution in [0.15, 0.2) is 18.2 Å². The third-order valence-corrected chi connectivity index (χ3v) is 1.69. The first kappa shape index (κ1) is 9.50. The Bertz CT molecular complexity index is 422. The fourth-order valence-electron chi connectivity index (χ4n) is 1.20. The van der Waals surface area contributed by atoms with Gasteiger partial charge in [0.15, 0.2) is 11.5 Å². The molecule has 0 spiro atoms. The Morgan fingerprint density at radius 1 is 1.40 bits per heavy atom. The maximum Gasteiger partial charge on any atom is 0.586 e. The minimum Gasteiger partial charge on any atom is -0.395 e. The predicted molar refractivity (Wildman–Crippen MR) is 45.9 cm³/mol. The molecule has 0 saturated carbocycles. The molecule has 0 unspecified atom stereocenters. The van der Waals surface area contributed by atoms with Crippen molar-refractivity contribution >= 4 is 11.7 Å². The van der Waals surface area contributed by atoms with Gasteiger partial charge in [0.25, 0.3) is 0 Å². The summed E-state index contributed by atoms with van der Waals surface area (Å²) in [5, 5.41) is 2.14. The van der Waals surface area contributed by atoms with Gasteiger partial charge < -0.3 is 20.5 Å². The summed E-state index contributed by atoms with van der Waals surface area (Å²) in [6.45, 7) is 0. The van der Waals surface area contributed by atoms with Crippen molar-refractivity contribution in [2.45, 2.75) is 6.29 Å². The van der Waals surface area contributed by atoms with E-state index in [4.69, 9.17) is 5.73 Å². The number of anilines is 1.